The normalized spacial score (nSPS) is 21.1. The summed E-state index contributed by atoms with van der Waals surface area (Å²) in [5.74, 6) is 0.483. The van der Waals surface area contributed by atoms with E-state index in [0.717, 1.165) is 12.1 Å². The van der Waals surface area contributed by atoms with E-state index in [1.165, 1.54) is 0 Å². The molecule has 4 heteroatoms. The van der Waals surface area contributed by atoms with Crippen LogP contribution in [0.5, 0.6) is 0 Å². The van der Waals surface area contributed by atoms with E-state index in [1.54, 1.807) is 0 Å². The maximum atomic E-state index is 11.5. The van der Waals surface area contributed by atoms with Crippen molar-refractivity contribution in [2.24, 2.45) is 16.3 Å². The van der Waals surface area contributed by atoms with Crippen LogP contribution in [0, 0.1) is 5.92 Å². The highest BCUT2D eigenvalue weighted by Gasteiger charge is 2.24. The van der Waals surface area contributed by atoms with Crippen LogP contribution < -0.4 is 0 Å². The second-order valence-corrected chi connectivity index (χ2v) is 4.26. The fourth-order valence-electron chi connectivity index (χ4n) is 1.94. The number of ketones is 1. The molecule has 1 saturated heterocycles. The van der Waals surface area contributed by atoms with Gasteiger partial charge in [-0.15, -0.1) is 5.11 Å². The number of nitrogens with zero attached hydrogens (tertiary/aromatic N) is 3. The van der Waals surface area contributed by atoms with Gasteiger partial charge < -0.3 is 0 Å². The zero-order valence-corrected chi connectivity index (χ0v) is 10.0. The Labute approximate surface area is 101 Å². The van der Waals surface area contributed by atoms with E-state index in [2.05, 4.69) is 10.3 Å². The molecule has 1 atom stereocenters. The summed E-state index contributed by atoms with van der Waals surface area (Å²) in [6.07, 6.45) is 1.47. The molecular formula is C13H17N3O. The summed E-state index contributed by atoms with van der Waals surface area (Å²) in [5.41, 5.74) is 0.845. The lowest BCUT2D eigenvalue weighted by atomic mass is 9.95. The number of hydrogen-bond donors (Lipinski definition) is 0. The number of carbonyl (C=O) groups is 1. The summed E-state index contributed by atoms with van der Waals surface area (Å²) in [6, 6.07) is 9.64. The Morgan fingerprint density at radius 3 is 2.82 bits per heavy atom. The molecule has 1 aliphatic heterocycles. The Morgan fingerprint density at radius 1 is 1.35 bits per heavy atom. The molecule has 0 radical (unpaired) electrons. The number of piperidine rings is 1. The highest BCUT2D eigenvalue weighted by Crippen LogP contribution is 2.18. The Balaban J connectivity index is 1.96. The minimum Gasteiger partial charge on any atom is -0.299 e. The third-order valence-corrected chi connectivity index (χ3v) is 3.04. The molecule has 1 aromatic rings. The standard InChI is InChI=1S/C13H17N3O/c1-2-11-10-16(9-8-13(11)17)15-14-12-6-4-3-5-7-12/h3-7,11H,2,8-10H2,1H3. The lowest BCUT2D eigenvalue weighted by molar-refractivity contribution is -0.126. The molecule has 1 heterocycles. The first-order valence-electron chi connectivity index (χ1n) is 6.04. The summed E-state index contributed by atoms with van der Waals surface area (Å²) in [4.78, 5) is 11.5. The van der Waals surface area contributed by atoms with Crippen molar-refractivity contribution in [1.82, 2.24) is 5.01 Å². The zero-order valence-electron chi connectivity index (χ0n) is 10.0. The SMILES string of the molecule is CCC1CN(N=Nc2ccccc2)CCC1=O. The van der Waals surface area contributed by atoms with Gasteiger partial charge in [0.2, 0.25) is 0 Å². The highest BCUT2D eigenvalue weighted by atomic mass is 16.1. The van der Waals surface area contributed by atoms with E-state index < -0.39 is 0 Å². The summed E-state index contributed by atoms with van der Waals surface area (Å²) >= 11 is 0. The third-order valence-electron chi connectivity index (χ3n) is 3.04. The van der Waals surface area contributed by atoms with Crippen molar-refractivity contribution in [3.8, 4) is 0 Å². The van der Waals surface area contributed by atoms with Crippen LogP contribution in [0.15, 0.2) is 40.7 Å². The number of carbonyl (C=O) groups excluding carboxylic acids is 1. The van der Waals surface area contributed by atoms with Gasteiger partial charge in [0.15, 0.2) is 0 Å². The fraction of sp³-hybridized carbons (Fsp3) is 0.462. The maximum absolute atomic E-state index is 11.5. The van der Waals surface area contributed by atoms with Crippen LogP contribution in [-0.2, 0) is 4.79 Å². The first-order valence-corrected chi connectivity index (χ1v) is 6.04. The number of hydrogen-bond acceptors (Lipinski definition) is 3. The molecule has 0 amide bonds. The summed E-state index contributed by atoms with van der Waals surface area (Å²) in [6.45, 7) is 3.43. The van der Waals surface area contributed by atoms with Crippen LogP contribution in [0.1, 0.15) is 19.8 Å². The van der Waals surface area contributed by atoms with Crippen molar-refractivity contribution in [1.29, 1.82) is 0 Å². The molecular weight excluding hydrogens is 214 g/mol. The summed E-state index contributed by atoms with van der Waals surface area (Å²) in [5, 5.41) is 10.2. The van der Waals surface area contributed by atoms with Crippen LogP contribution in [0.4, 0.5) is 5.69 Å². The van der Waals surface area contributed by atoms with Crippen LogP contribution in [0.2, 0.25) is 0 Å². The van der Waals surface area contributed by atoms with E-state index in [4.69, 9.17) is 0 Å². The average molecular weight is 231 g/mol. The average Bonchev–Trinajstić information content (AvgIpc) is 2.39. The molecule has 0 aliphatic carbocycles. The summed E-state index contributed by atoms with van der Waals surface area (Å²) in [7, 11) is 0. The predicted molar refractivity (Wildman–Crippen MR) is 65.9 cm³/mol. The van der Waals surface area contributed by atoms with Gasteiger partial charge >= 0.3 is 0 Å². The number of Topliss-reactive ketones (excluding diaryl/α,β-unsaturated/α-hetero) is 1. The smallest absolute Gasteiger partial charge is 0.139 e. The van der Waals surface area contributed by atoms with Gasteiger partial charge in [0.25, 0.3) is 0 Å². The van der Waals surface area contributed by atoms with Crippen molar-refractivity contribution >= 4 is 11.5 Å². The fourth-order valence-corrected chi connectivity index (χ4v) is 1.94. The number of rotatable bonds is 3. The van der Waals surface area contributed by atoms with Gasteiger partial charge in [-0.2, -0.15) is 0 Å². The highest BCUT2D eigenvalue weighted by molar-refractivity contribution is 5.82. The van der Waals surface area contributed by atoms with Crippen molar-refractivity contribution in [2.75, 3.05) is 13.1 Å². The molecule has 0 saturated carbocycles. The van der Waals surface area contributed by atoms with E-state index >= 15 is 0 Å². The van der Waals surface area contributed by atoms with Crippen LogP contribution in [0.25, 0.3) is 0 Å². The lowest BCUT2D eigenvalue weighted by Gasteiger charge is -2.27. The monoisotopic (exact) mass is 231 g/mol. The Bertz CT molecular complexity index is 402. The van der Waals surface area contributed by atoms with Gasteiger partial charge in [-0.1, -0.05) is 30.3 Å². The first kappa shape index (κ1) is 11.8. The topological polar surface area (TPSA) is 45.0 Å². The van der Waals surface area contributed by atoms with Gasteiger partial charge in [-0.3, -0.25) is 9.80 Å². The zero-order chi connectivity index (χ0) is 12.1. The van der Waals surface area contributed by atoms with Crippen molar-refractivity contribution in [2.45, 2.75) is 19.8 Å². The van der Waals surface area contributed by atoms with E-state index in [9.17, 15) is 4.79 Å². The van der Waals surface area contributed by atoms with Crippen molar-refractivity contribution in [3.05, 3.63) is 30.3 Å². The molecule has 1 aliphatic rings. The van der Waals surface area contributed by atoms with Gasteiger partial charge in [-0.05, 0) is 18.6 Å². The molecule has 90 valence electrons. The molecule has 0 N–H and O–H groups in total. The van der Waals surface area contributed by atoms with Crippen LogP contribution in [-0.4, -0.2) is 23.9 Å². The Kier molecular flexibility index (Phi) is 3.85. The van der Waals surface area contributed by atoms with E-state index in [0.29, 0.717) is 25.3 Å². The quantitative estimate of drug-likeness (QED) is 0.751. The minimum atomic E-state index is 0.124. The molecule has 1 unspecified atom stereocenters. The van der Waals surface area contributed by atoms with Gasteiger partial charge in [-0.25, -0.2) is 0 Å². The molecule has 4 nitrogen and oxygen atoms in total. The molecule has 1 fully saturated rings. The predicted octanol–water partition coefficient (Wildman–Crippen LogP) is 2.99. The van der Waals surface area contributed by atoms with Crippen LogP contribution >= 0.6 is 0 Å². The molecule has 2 rings (SSSR count). The first-order chi connectivity index (χ1) is 8.29. The lowest BCUT2D eigenvalue weighted by Crippen LogP contribution is -2.37. The van der Waals surface area contributed by atoms with Crippen molar-refractivity contribution < 1.29 is 4.79 Å². The van der Waals surface area contributed by atoms with Gasteiger partial charge in [0.1, 0.15) is 5.78 Å². The third kappa shape index (κ3) is 3.12. The Morgan fingerprint density at radius 2 is 2.12 bits per heavy atom. The number of benzene rings is 1. The molecule has 0 spiro atoms. The van der Waals surface area contributed by atoms with Gasteiger partial charge in [0.05, 0.1) is 5.69 Å². The summed E-state index contributed by atoms with van der Waals surface area (Å²) < 4.78 is 0. The van der Waals surface area contributed by atoms with Gasteiger partial charge in [0, 0.05) is 25.4 Å². The van der Waals surface area contributed by atoms with E-state index in [1.807, 2.05) is 42.3 Å². The Hall–Kier alpha value is -1.71. The van der Waals surface area contributed by atoms with E-state index in [-0.39, 0.29) is 5.92 Å². The van der Waals surface area contributed by atoms with Crippen LogP contribution in [0.3, 0.4) is 0 Å². The molecule has 17 heavy (non-hydrogen) atoms. The minimum absolute atomic E-state index is 0.124. The second kappa shape index (κ2) is 5.57. The molecule has 0 bridgehead atoms. The van der Waals surface area contributed by atoms with Crippen molar-refractivity contribution in [3.63, 3.8) is 0 Å². The molecule has 0 aromatic heterocycles. The second-order valence-electron chi connectivity index (χ2n) is 4.26. The molecule has 1 aromatic carbocycles. The maximum Gasteiger partial charge on any atom is 0.139 e. The largest absolute Gasteiger partial charge is 0.299 e.